The van der Waals surface area contributed by atoms with Gasteiger partial charge in [-0.2, -0.15) is 0 Å². The highest BCUT2D eigenvalue weighted by molar-refractivity contribution is 5.97. The molecule has 0 unspecified atom stereocenters. The molecule has 0 atom stereocenters. The maximum atomic E-state index is 12.3. The zero-order chi connectivity index (χ0) is 22.1. The summed E-state index contributed by atoms with van der Waals surface area (Å²) >= 11 is 0. The predicted octanol–water partition coefficient (Wildman–Crippen LogP) is 3.01. The Kier molecular flexibility index (Phi) is 8.22. The first kappa shape index (κ1) is 22.7. The van der Waals surface area contributed by atoms with Crippen LogP contribution in [-0.4, -0.2) is 37.6 Å². The van der Waals surface area contributed by atoms with E-state index in [2.05, 4.69) is 5.32 Å². The van der Waals surface area contributed by atoms with Crippen molar-refractivity contribution in [3.05, 3.63) is 53.6 Å². The zero-order valence-electron chi connectivity index (χ0n) is 17.3. The first-order valence-electron chi connectivity index (χ1n) is 9.56. The van der Waals surface area contributed by atoms with Gasteiger partial charge in [-0.15, -0.1) is 0 Å². The third kappa shape index (κ3) is 6.80. The number of hydrogen-bond donors (Lipinski definition) is 2. The van der Waals surface area contributed by atoms with Gasteiger partial charge in [0.1, 0.15) is 0 Å². The van der Waals surface area contributed by atoms with Crippen LogP contribution < -0.4 is 20.5 Å². The number of nitrogens with two attached hydrogens (primary N) is 1. The number of primary amides is 1. The molecule has 0 aliphatic heterocycles. The third-order valence-corrected chi connectivity index (χ3v) is 3.84. The summed E-state index contributed by atoms with van der Waals surface area (Å²) in [6.45, 7) is 6.36. The van der Waals surface area contributed by atoms with E-state index in [1.54, 1.807) is 12.1 Å². The molecule has 160 valence electrons. The van der Waals surface area contributed by atoms with E-state index in [0.29, 0.717) is 41.9 Å². The van der Waals surface area contributed by atoms with E-state index in [9.17, 15) is 14.4 Å². The van der Waals surface area contributed by atoms with Crippen LogP contribution in [0.25, 0.3) is 0 Å². The fourth-order valence-electron chi connectivity index (χ4n) is 2.41. The van der Waals surface area contributed by atoms with Crippen LogP contribution in [0.2, 0.25) is 0 Å². The van der Waals surface area contributed by atoms with Crippen molar-refractivity contribution < 1.29 is 28.6 Å². The van der Waals surface area contributed by atoms with Gasteiger partial charge in [-0.25, -0.2) is 4.79 Å². The van der Waals surface area contributed by atoms with Gasteiger partial charge < -0.3 is 25.3 Å². The van der Waals surface area contributed by atoms with Crippen molar-refractivity contribution in [1.29, 1.82) is 0 Å². The predicted molar refractivity (Wildman–Crippen MR) is 112 cm³/mol. The molecule has 0 spiro atoms. The SMILES string of the molecule is CCOc1cc(C(=O)OCC(=O)Nc2ccc(C(N)=O)cc2)ccc1OCC(C)C. The lowest BCUT2D eigenvalue weighted by molar-refractivity contribution is -0.119. The Morgan fingerprint density at radius 2 is 1.63 bits per heavy atom. The lowest BCUT2D eigenvalue weighted by atomic mass is 10.2. The molecule has 2 amide bonds. The molecule has 0 heterocycles. The van der Waals surface area contributed by atoms with E-state index in [4.69, 9.17) is 19.9 Å². The topological polar surface area (TPSA) is 117 Å². The van der Waals surface area contributed by atoms with E-state index >= 15 is 0 Å². The van der Waals surface area contributed by atoms with Crippen molar-refractivity contribution in [1.82, 2.24) is 0 Å². The molecule has 2 aromatic rings. The summed E-state index contributed by atoms with van der Waals surface area (Å²) in [5.74, 6) is -0.419. The van der Waals surface area contributed by atoms with E-state index in [0.717, 1.165) is 0 Å². The summed E-state index contributed by atoms with van der Waals surface area (Å²) in [7, 11) is 0. The minimum Gasteiger partial charge on any atom is -0.490 e. The molecule has 0 saturated heterocycles. The van der Waals surface area contributed by atoms with Gasteiger partial charge in [0.2, 0.25) is 5.91 Å². The van der Waals surface area contributed by atoms with Gasteiger partial charge in [0.15, 0.2) is 18.1 Å². The highest BCUT2D eigenvalue weighted by atomic mass is 16.5. The maximum absolute atomic E-state index is 12.3. The second-order valence-corrected chi connectivity index (χ2v) is 6.87. The highest BCUT2D eigenvalue weighted by Crippen LogP contribution is 2.29. The first-order valence-corrected chi connectivity index (χ1v) is 9.56. The fraction of sp³-hybridized carbons (Fsp3) is 0.318. The number of carbonyl (C=O) groups excluding carboxylic acids is 3. The fourth-order valence-corrected chi connectivity index (χ4v) is 2.41. The monoisotopic (exact) mass is 414 g/mol. The number of anilines is 1. The molecule has 0 aliphatic carbocycles. The van der Waals surface area contributed by atoms with Crippen LogP contribution in [0.1, 0.15) is 41.5 Å². The van der Waals surface area contributed by atoms with E-state index in [1.165, 1.54) is 30.3 Å². The van der Waals surface area contributed by atoms with Gasteiger partial charge in [-0.05, 0) is 55.3 Å². The van der Waals surface area contributed by atoms with Crippen molar-refractivity contribution >= 4 is 23.5 Å². The number of amides is 2. The summed E-state index contributed by atoms with van der Waals surface area (Å²) in [4.78, 5) is 35.4. The number of nitrogens with one attached hydrogen (secondary N) is 1. The van der Waals surface area contributed by atoms with Crippen LogP contribution in [0.4, 0.5) is 5.69 Å². The van der Waals surface area contributed by atoms with E-state index in [-0.39, 0.29) is 5.56 Å². The molecule has 0 aromatic heterocycles. The average molecular weight is 414 g/mol. The number of rotatable bonds is 10. The number of benzene rings is 2. The molecule has 0 fully saturated rings. The Labute approximate surface area is 175 Å². The second kappa shape index (κ2) is 10.8. The van der Waals surface area contributed by atoms with Crippen molar-refractivity contribution in [2.24, 2.45) is 11.7 Å². The zero-order valence-corrected chi connectivity index (χ0v) is 17.3. The smallest absolute Gasteiger partial charge is 0.338 e. The largest absolute Gasteiger partial charge is 0.490 e. The minimum absolute atomic E-state index is 0.244. The van der Waals surface area contributed by atoms with Crippen LogP contribution >= 0.6 is 0 Å². The Morgan fingerprint density at radius 1 is 0.967 bits per heavy atom. The molecule has 0 aliphatic rings. The molecule has 30 heavy (non-hydrogen) atoms. The van der Waals surface area contributed by atoms with Gasteiger partial charge in [0.05, 0.1) is 18.8 Å². The molecule has 2 rings (SSSR count). The lowest BCUT2D eigenvalue weighted by Gasteiger charge is -2.14. The van der Waals surface area contributed by atoms with E-state index in [1.807, 2.05) is 20.8 Å². The second-order valence-electron chi connectivity index (χ2n) is 6.87. The summed E-state index contributed by atoms with van der Waals surface area (Å²) in [6.07, 6.45) is 0. The van der Waals surface area contributed by atoms with Crippen LogP contribution in [-0.2, 0) is 9.53 Å². The molecular weight excluding hydrogens is 388 g/mol. The van der Waals surface area contributed by atoms with Crippen molar-refractivity contribution in [3.8, 4) is 11.5 Å². The van der Waals surface area contributed by atoms with Crippen molar-refractivity contribution in [3.63, 3.8) is 0 Å². The van der Waals surface area contributed by atoms with Crippen LogP contribution in [0.15, 0.2) is 42.5 Å². The standard InChI is InChI=1S/C22H26N2O6/c1-4-28-19-11-16(7-10-18(19)29-12-14(2)3)22(27)30-13-20(25)24-17-8-5-15(6-9-17)21(23)26/h5-11,14H,4,12-13H2,1-3H3,(H2,23,26)(H,24,25). The number of carbonyl (C=O) groups is 3. The lowest BCUT2D eigenvalue weighted by Crippen LogP contribution is -2.21. The van der Waals surface area contributed by atoms with Crippen LogP contribution in [0.3, 0.4) is 0 Å². The molecular formula is C22H26N2O6. The van der Waals surface area contributed by atoms with Gasteiger partial charge in [-0.3, -0.25) is 9.59 Å². The van der Waals surface area contributed by atoms with Crippen LogP contribution in [0.5, 0.6) is 11.5 Å². The number of hydrogen-bond acceptors (Lipinski definition) is 6. The highest BCUT2D eigenvalue weighted by Gasteiger charge is 2.15. The molecule has 0 bridgehead atoms. The molecule has 2 aromatic carbocycles. The van der Waals surface area contributed by atoms with Crippen molar-refractivity contribution in [2.75, 3.05) is 25.1 Å². The summed E-state index contributed by atoms with van der Waals surface area (Å²) < 4.78 is 16.3. The minimum atomic E-state index is -0.661. The molecule has 8 nitrogen and oxygen atoms in total. The average Bonchev–Trinajstić information content (AvgIpc) is 2.71. The van der Waals surface area contributed by atoms with Gasteiger partial charge >= 0.3 is 5.97 Å². The molecule has 0 radical (unpaired) electrons. The van der Waals surface area contributed by atoms with Gasteiger partial charge in [0, 0.05) is 11.3 Å². The van der Waals surface area contributed by atoms with Gasteiger partial charge in [-0.1, -0.05) is 13.8 Å². The molecule has 0 saturated carbocycles. The van der Waals surface area contributed by atoms with Crippen molar-refractivity contribution in [2.45, 2.75) is 20.8 Å². The van der Waals surface area contributed by atoms with Gasteiger partial charge in [0.25, 0.3) is 5.91 Å². The number of ether oxygens (including phenoxy) is 3. The van der Waals surface area contributed by atoms with E-state index < -0.39 is 24.4 Å². The Morgan fingerprint density at radius 3 is 2.23 bits per heavy atom. The summed E-state index contributed by atoms with van der Waals surface area (Å²) in [5.41, 5.74) is 6.19. The number of esters is 1. The third-order valence-electron chi connectivity index (χ3n) is 3.84. The molecule has 3 N–H and O–H groups in total. The molecule has 8 heteroatoms. The normalized spacial score (nSPS) is 10.4. The Hall–Kier alpha value is -3.55. The quantitative estimate of drug-likeness (QED) is 0.577. The first-order chi connectivity index (χ1) is 14.3. The summed E-state index contributed by atoms with van der Waals surface area (Å²) in [6, 6.07) is 10.8. The van der Waals surface area contributed by atoms with Crippen LogP contribution in [0, 0.1) is 5.92 Å². The summed E-state index contributed by atoms with van der Waals surface area (Å²) in [5, 5.41) is 2.57. The maximum Gasteiger partial charge on any atom is 0.338 e. The Bertz CT molecular complexity index is 893. The Balaban J connectivity index is 1.95.